The van der Waals surface area contributed by atoms with E-state index in [1.807, 2.05) is 43.0 Å². The van der Waals surface area contributed by atoms with Gasteiger partial charge in [-0.2, -0.15) is 5.01 Å². The number of alkyl halides is 1. The first-order valence-corrected chi connectivity index (χ1v) is 7.29. The van der Waals surface area contributed by atoms with Gasteiger partial charge in [0.25, 0.3) is 5.91 Å². The summed E-state index contributed by atoms with van der Waals surface area (Å²) in [5.41, 5.74) is 1.93. The van der Waals surface area contributed by atoms with Gasteiger partial charge in [0.2, 0.25) is 0 Å². The van der Waals surface area contributed by atoms with Gasteiger partial charge in [0.05, 0.1) is 5.01 Å². The fourth-order valence-electron chi connectivity index (χ4n) is 1.91. The zero-order chi connectivity index (χ0) is 14.2. The van der Waals surface area contributed by atoms with Gasteiger partial charge in [0.1, 0.15) is 5.38 Å². The van der Waals surface area contributed by atoms with Crippen LogP contribution in [0, 0.1) is 20.8 Å². The Labute approximate surface area is 121 Å². The minimum absolute atomic E-state index is 0.186. The maximum atomic E-state index is 12.4. The summed E-state index contributed by atoms with van der Waals surface area (Å²) in [4.78, 5) is 16.8. The average Bonchev–Trinajstić information content (AvgIpc) is 2.90. The quantitative estimate of drug-likeness (QED) is 0.815. The number of amides is 1. The lowest BCUT2D eigenvalue weighted by atomic mass is 10.4. The molecule has 0 N–H and O–H groups in total. The molecular weight excluding hydrogens is 282 g/mol. The molecule has 0 radical (unpaired) electrons. The van der Waals surface area contributed by atoms with Crippen molar-refractivity contribution in [2.24, 2.45) is 0 Å². The molecular formula is C13H16ClN3OS. The standard InChI is InChI=1S/C13H16ClN3OS/c1-8-5-6-9(2)16(8)17(13(18)10(3)14)12-7-19-11(4)15-12/h5-7,10H,1-4H3. The molecule has 6 heteroatoms. The van der Waals surface area contributed by atoms with Crippen molar-refractivity contribution in [3.63, 3.8) is 0 Å². The maximum Gasteiger partial charge on any atom is 0.265 e. The number of rotatable bonds is 3. The number of nitrogens with zero attached hydrogens (tertiary/aromatic N) is 3. The summed E-state index contributed by atoms with van der Waals surface area (Å²) in [7, 11) is 0. The first kappa shape index (κ1) is 14.1. The molecule has 1 amide bonds. The van der Waals surface area contributed by atoms with E-state index < -0.39 is 5.38 Å². The monoisotopic (exact) mass is 297 g/mol. The molecule has 2 heterocycles. The Bertz CT molecular complexity index is 583. The number of halogens is 1. The lowest BCUT2D eigenvalue weighted by molar-refractivity contribution is -0.118. The second-order valence-electron chi connectivity index (χ2n) is 4.42. The van der Waals surface area contributed by atoms with E-state index in [0.29, 0.717) is 5.82 Å². The number of carbonyl (C=O) groups excluding carboxylic acids is 1. The second-order valence-corrected chi connectivity index (χ2v) is 6.14. The van der Waals surface area contributed by atoms with Gasteiger partial charge >= 0.3 is 0 Å². The molecule has 2 aromatic heterocycles. The third-order valence-electron chi connectivity index (χ3n) is 2.81. The second kappa shape index (κ2) is 5.35. The Hall–Kier alpha value is -1.33. The first-order valence-electron chi connectivity index (χ1n) is 5.97. The smallest absolute Gasteiger partial charge is 0.265 e. The number of aromatic nitrogens is 2. The molecule has 0 aliphatic carbocycles. The molecule has 1 atom stereocenters. The third kappa shape index (κ3) is 2.67. The van der Waals surface area contributed by atoms with Gasteiger partial charge < -0.3 is 0 Å². The van der Waals surface area contributed by atoms with Gasteiger partial charge in [-0.1, -0.05) is 0 Å². The van der Waals surface area contributed by atoms with Crippen LogP contribution in [0.5, 0.6) is 0 Å². The van der Waals surface area contributed by atoms with E-state index in [-0.39, 0.29) is 5.91 Å². The highest BCUT2D eigenvalue weighted by Crippen LogP contribution is 2.23. The number of hydrogen-bond acceptors (Lipinski definition) is 3. The fourth-order valence-corrected chi connectivity index (χ4v) is 2.57. The highest BCUT2D eigenvalue weighted by molar-refractivity contribution is 7.09. The predicted molar refractivity (Wildman–Crippen MR) is 79.0 cm³/mol. The number of hydrogen-bond donors (Lipinski definition) is 0. The van der Waals surface area contributed by atoms with Crippen LogP contribution in [0.2, 0.25) is 0 Å². The van der Waals surface area contributed by atoms with E-state index in [1.54, 1.807) is 11.9 Å². The van der Waals surface area contributed by atoms with Gasteiger partial charge in [0, 0.05) is 16.8 Å². The lowest BCUT2D eigenvalue weighted by Crippen LogP contribution is -2.41. The summed E-state index contributed by atoms with van der Waals surface area (Å²) in [6.07, 6.45) is 0. The third-order valence-corrected chi connectivity index (χ3v) is 3.75. The van der Waals surface area contributed by atoms with E-state index in [0.717, 1.165) is 16.4 Å². The van der Waals surface area contributed by atoms with E-state index in [4.69, 9.17) is 11.6 Å². The van der Waals surface area contributed by atoms with E-state index in [2.05, 4.69) is 4.98 Å². The van der Waals surface area contributed by atoms with E-state index >= 15 is 0 Å². The number of aryl methyl sites for hydroxylation is 3. The van der Waals surface area contributed by atoms with Crippen LogP contribution in [0.3, 0.4) is 0 Å². The van der Waals surface area contributed by atoms with Crippen molar-refractivity contribution in [1.29, 1.82) is 0 Å². The van der Waals surface area contributed by atoms with Crippen LogP contribution in [0.15, 0.2) is 17.5 Å². The first-order chi connectivity index (χ1) is 8.91. The molecule has 2 rings (SSSR count). The Kier molecular flexibility index (Phi) is 3.96. The lowest BCUT2D eigenvalue weighted by Gasteiger charge is -2.25. The van der Waals surface area contributed by atoms with Crippen molar-refractivity contribution in [1.82, 2.24) is 9.66 Å². The molecule has 4 nitrogen and oxygen atoms in total. The molecule has 19 heavy (non-hydrogen) atoms. The van der Waals surface area contributed by atoms with Gasteiger partial charge in [-0.25, -0.2) is 4.98 Å². The van der Waals surface area contributed by atoms with Crippen LogP contribution in [-0.4, -0.2) is 20.9 Å². The van der Waals surface area contributed by atoms with Crippen molar-refractivity contribution in [3.05, 3.63) is 33.9 Å². The largest absolute Gasteiger partial charge is 0.271 e. The van der Waals surface area contributed by atoms with Gasteiger partial charge in [-0.05, 0) is 39.8 Å². The molecule has 0 spiro atoms. The maximum absolute atomic E-state index is 12.4. The van der Waals surface area contributed by atoms with E-state index in [1.165, 1.54) is 11.3 Å². The van der Waals surface area contributed by atoms with Gasteiger partial charge in [-0.15, -0.1) is 22.9 Å². The molecule has 0 fully saturated rings. The molecule has 0 bridgehead atoms. The summed E-state index contributed by atoms with van der Waals surface area (Å²) in [5, 5.41) is 3.72. The molecule has 0 aromatic carbocycles. The van der Waals surface area contributed by atoms with Crippen molar-refractivity contribution < 1.29 is 4.79 Å². The summed E-state index contributed by atoms with van der Waals surface area (Å²) < 4.78 is 1.84. The van der Waals surface area contributed by atoms with Crippen molar-refractivity contribution >= 4 is 34.7 Å². The highest BCUT2D eigenvalue weighted by atomic mass is 35.5. The van der Waals surface area contributed by atoms with Crippen molar-refractivity contribution in [2.45, 2.75) is 33.1 Å². The SMILES string of the molecule is Cc1nc(N(C(=O)C(C)Cl)n2c(C)ccc2C)cs1. The molecule has 0 aliphatic rings. The van der Waals surface area contributed by atoms with Crippen molar-refractivity contribution in [2.75, 3.05) is 5.01 Å². The Morgan fingerprint density at radius 3 is 2.37 bits per heavy atom. The summed E-state index contributed by atoms with van der Waals surface area (Å²) in [6.45, 7) is 7.48. The summed E-state index contributed by atoms with van der Waals surface area (Å²) in [5.74, 6) is 0.428. The van der Waals surface area contributed by atoms with Crippen LogP contribution in [0.1, 0.15) is 23.3 Å². The van der Waals surface area contributed by atoms with Crippen LogP contribution in [-0.2, 0) is 4.79 Å². The fraction of sp³-hybridized carbons (Fsp3) is 0.385. The number of thiazole rings is 1. The van der Waals surface area contributed by atoms with Crippen LogP contribution in [0.25, 0.3) is 0 Å². The Morgan fingerprint density at radius 2 is 1.95 bits per heavy atom. The van der Waals surface area contributed by atoms with Crippen LogP contribution in [0.4, 0.5) is 5.82 Å². The van der Waals surface area contributed by atoms with Crippen molar-refractivity contribution in [3.8, 4) is 0 Å². The molecule has 2 aromatic rings. The minimum atomic E-state index is -0.608. The molecule has 102 valence electrons. The Balaban J connectivity index is 2.55. The van der Waals surface area contributed by atoms with Gasteiger partial charge in [0.15, 0.2) is 5.82 Å². The summed E-state index contributed by atoms with van der Waals surface area (Å²) in [6, 6.07) is 3.93. The predicted octanol–water partition coefficient (Wildman–Crippen LogP) is 3.29. The molecule has 0 saturated carbocycles. The summed E-state index contributed by atoms with van der Waals surface area (Å²) >= 11 is 7.48. The zero-order valence-corrected chi connectivity index (χ0v) is 12.9. The van der Waals surface area contributed by atoms with Crippen LogP contribution < -0.4 is 5.01 Å². The average molecular weight is 298 g/mol. The highest BCUT2D eigenvalue weighted by Gasteiger charge is 2.25. The molecule has 0 saturated heterocycles. The zero-order valence-electron chi connectivity index (χ0n) is 11.3. The minimum Gasteiger partial charge on any atom is -0.271 e. The number of carbonyl (C=O) groups is 1. The van der Waals surface area contributed by atoms with E-state index in [9.17, 15) is 4.79 Å². The molecule has 0 aliphatic heterocycles. The normalized spacial score (nSPS) is 12.5. The van der Waals surface area contributed by atoms with Gasteiger partial charge in [-0.3, -0.25) is 9.47 Å². The molecule has 1 unspecified atom stereocenters. The topological polar surface area (TPSA) is 38.1 Å². The Morgan fingerprint density at radius 1 is 1.37 bits per heavy atom. The van der Waals surface area contributed by atoms with Crippen LogP contribution >= 0.6 is 22.9 Å². The number of anilines is 1.